The van der Waals surface area contributed by atoms with Gasteiger partial charge in [-0.2, -0.15) is 5.26 Å². The third-order valence-electron chi connectivity index (χ3n) is 5.05. The second-order valence-corrected chi connectivity index (χ2v) is 7.30. The molecule has 0 radical (unpaired) electrons. The summed E-state index contributed by atoms with van der Waals surface area (Å²) < 4.78 is 4.78. The lowest BCUT2D eigenvalue weighted by atomic mass is 10.1. The maximum atomic E-state index is 11.7. The first-order valence-electron chi connectivity index (χ1n) is 10.1. The summed E-state index contributed by atoms with van der Waals surface area (Å²) in [5, 5.41) is 9.02. The van der Waals surface area contributed by atoms with Crippen molar-refractivity contribution in [3.05, 3.63) is 107 Å². The van der Waals surface area contributed by atoms with Crippen LogP contribution in [0.4, 0.5) is 0 Å². The predicted octanol–water partition coefficient (Wildman–Crippen LogP) is 4.98. The van der Waals surface area contributed by atoms with E-state index < -0.39 is 0 Å². The number of rotatable bonds is 9. The highest BCUT2D eigenvalue weighted by Crippen LogP contribution is 2.14. The first-order chi connectivity index (χ1) is 14.7. The molecule has 3 aromatic rings. The van der Waals surface area contributed by atoms with Crippen molar-refractivity contribution in [2.45, 2.75) is 25.9 Å². The van der Waals surface area contributed by atoms with E-state index in [1.807, 2.05) is 54.6 Å². The smallest absolute Gasteiger partial charge is 0.337 e. The third-order valence-corrected chi connectivity index (χ3v) is 5.05. The van der Waals surface area contributed by atoms with Gasteiger partial charge in [-0.15, -0.1) is 0 Å². The van der Waals surface area contributed by atoms with Crippen LogP contribution in [-0.2, 0) is 24.2 Å². The summed E-state index contributed by atoms with van der Waals surface area (Å²) in [6.45, 7) is 2.54. The number of nitrogens with zero attached hydrogens (tertiary/aromatic N) is 2. The van der Waals surface area contributed by atoms with E-state index in [0.717, 1.165) is 38.0 Å². The minimum Gasteiger partial charge on any atom is -0.465 e. The molecule has 0 fully saturated rings. The van der Waals surface area contributed by atoms with Gasteiger partial charge in [-0.05, 0) is 60.3 Å². The lowest BCUT2D eigenvalue weighted by molar-refractivity contribution is 0.0600. The molecular formula is C26H26N2O2. The van der Waals surface area contributed by atoms with E-state index in [9.17, 15) is 4.79 Å². The average Bonchev–Trinajstić information content (AvgIpc) is 2.80. The molecule has 4 nitrogen and oxygen atoms in total. The fraction of sp³-hybridized carbons (Fsp3) is 0.231. The number of ether oxygens (including phenoxy) is 1. The fourth-order valence-electron chi connectivity index (χ4n) is 3.43. The molecule has 0 spiro atoms. The second kappa shape index (κ2) is 10.9. The highest BCUT2D eigenvalue weighted by molar-refractivity contribution is 5.89. The Morgan fingerprint density at radius 3 is 2.03 bits per heavy atom. The van der Waals surface area contributed by atoms with Crippen LogP contribution in [0.2, 0.25) is 0 Å². The van der Waals surface area contributed by atoms with Crippen molar-refractivity contribution in [2.24, 2.45) is 0 Å². The Hall–Kier alpha value is -3.42. The Bertz CT molecular complexity index is 974. The van der Waals surface area contributed by atoms with Gasteiger partial charge in [0, 0.05) is 13.1 Å². The zero-order valence-electron chi connectivity index (χ0n) is 17.3. The fourth-order valence-corrected chi connectivity index (χ4v) is 3.43. The highest BCUT2D eigenvalue weighted by atomic mass is 16.5. The Balaban J connectivity index is 1.67. The third kappa shape index (κ3) is 6.30. The molecule has 152 valence electrons. The van der Waals surface area contributed by atoms with Gasteiger partial charge in [-0.3, -0.25) is 4.90 Å². The van der Waals surface area contributed by atoms with Crippen LogP contribution in [0.5, 0.6) is 0 Å². The van der Waals surface area contributed by atoms with E-state index in [1.165, 1.54) is 18.2 Å². The molecule has 0 unspecified atom stereocenters. The van der Waals surface area contributed by atoms with Gasteiger partial charge in [0.05, 0.1) is 24.3 Å². The van der Waals surface area contributed by atoms with Gasteiger partial charge in [-0.1, -0.05) is 54.6 Å². The number of aryl methyl sites for hydroxylation is 1. The Kier molecular flexibility index (Phi) is 7.77. The molecule has 0 saturated heterocycles. The van der Waals surface area contributed by atoms with Crippen LogP contribution in [0.25, 0.3) is 0 Å². The Morgan fingerprint density at radius 2 is 1.47 bits per heavy atom. The molecule has 4 heteroatoms. The van der Waals surface area contributed by atoms with Crippen LogP contribution < -0.4 is 0 Å². The minimum absolute atomic E-state index is 0.321. The van der Waals surface area contributed by atoms with Crippen LogP contribution >= 0.6 is 0 Å². The number of benzene rings is 3. The zero-order valence-corrected chi connectivity index (χ0v) is 17.3. The van der Waals surface area contributed by atoms with E-state index in [1.54, 1.807) is 0 Å². The summed E-state index contributed by atoms with van der Waals surface area (Å²) >= 11 is 0. The Labute approximate surface area is 178 Å². The first-order valence-corrected chi connectivity index (χ1v) is 10.1. The van der Waals surface area contributed by atoms with E-state index in [4.69, 9.17) is 10.00 Å². The standard InChI is InChI=1S/C26H26N2O2/c1-30-26(29)25-15-13-24(14-16-25)20-28(17-5-8-21-6-3-2-4-7-21)19-23-11-9-22(18-27)10-12-23/h2-4,6-7,9-16H,5,8,17,19-20H2,1H3. The summed E-state index contributed by atoms with van der Waals surface area (Å²) in [5.41, 5.74) is 4.91. The van der Waals surface area contributed by atoms with Crippen molar-refractivity contribution in [3.63, 3.8) is 0 Å². The number of carbonyl (C=O) groups excluding carboxylic acids is 1. The van der Waals surface area contributed by atoms with E-state index >= 15 is 0 Å². The number of nitriles is 1. The number of methoxy groups -OCH3 is 1. The van der Waals surface area contributed by atoms with Crippen LogP contribution in [0, 0.1) is 11.3 Å². The average molecular weight is 399 g/mol. The highest BCUT2D eigenvalue weighted by Gasteiger charge is 2.10. The summed E-state index contributed by atoms with van der Waals surface area (Å²) in [4.78, 5) is 14.1. The molecular weight excluding hydrogens is 372 g/mol. The quantitative estimate of drug-likeness (QED) is 0.477. The van der Waals surface area contributed by atoms with Crippen molar-refractivity contribution < 1.29 is 9.53 Å². The largest absolute Gasteiger partial charge is 0.465 e. The maximum absolute atomic E-state index is 11.7. The molecule has 0 amide bonds. The molecule has 0 aliphatic heterocycles. The van der Waals surface area contributed by atoms with Crippen molar-refractivity contribution in [1.29, 1.82) is 5.26 Å². The van der Waals surface area contributed by atoms with Gasteiger partial charge in [0.15, 0.2) is 0 Å². The molecule has 30 heavy (non-hydrogen) atoms. The molecule has 0 aromatic heterocycles. The number of hydrogen-bond donors (Lipinski definition) is 0. The molecule has 0 aliphatic rings. The summed E-state index contributed by atoms with van der Waals surface area (Å²) in [7, 11) is 1.39. The van der Waals surface area contributed by atoms with Gasteiger partial charge >= 0.3 is 5.97 Å². The lowest BCUT2D eigenvalue weighted by Crippen LogP contribution is -2.24. The van der Waals surface area contributed by atoms with E-state index in [-0.39, 0.29) is 5.97 Å². The van der Waals surface area contributed by atoms with Gasteiger partial charge in [0.25, 0.3) is 0 Å². The van der Waals surface area contributed by atoms with Crippen LogP contribution in [-0.4, -0.2) is 24.5 Å². The summed E-state index contributed by atoms with van der Waals surface area (Å²) in [6, 6.07) is 28.0. The van der Waals surface area contributed by atoms with Crippen LogP contribution in [0.15, 0.2) is 78.9 Å². The van der Waals surface area contributed by atoms with Crippen LogP contribution in [0.1, 0.15) is 39.0 Å². The minimum atomic E-state index is -0.321. The SMILES string of the molecule is COC(=O)c1ccc(CN(CCCc2ccccc2)Cc2ccc(C#N)cc2)cc1. The molecule has 3 rings (SSSR count). The van der Waals surface area contributed by atoms with Crippen LogP contribution in [0.3, 0.4) is 0 Å². The zero-order chi connectivity index (χ0) is 21.2. The van der Waals surface area contributed by atoms with Gasteiger partial charge in [-0.25, -0.2) is 4.79 Å². The topological polar surface area (TPSA) is 53.3 Å². The van der Waals surface area contributed by atoms with Gasteiger partial charge in [0.1, 0.15) is 0 Å². The summed E-state index contributed by atoms with van der Waals surface area (Å²) in [5.74, 6) is -0.321. The van der Waals surface area contributed by atoms with Crippen molar-refractivity contribution >= 4 is 5.97 Å². The molecule has 0 bridgehead atoms. The van der Waals surface area contributed by atoms with E-state index in [2.05, 4.69) is 35.2 Å². The number of esters is 1. The predicted molar refractivity (Wildman–Crippen MR) is 118 cm³/mol. The van der Waals surface area contributed by atoms with Crippen molar-refractivity contribution in [3.8, 4) is 6.07 Å². The first kappa shape index (κ1) is 21.3. The maximum Gasteiger partial charge on any atom is 0.337 e. The Morgan fingerprint density at radius 1 is 0.867 bits per heavy atom. The lowest BCUT2D eigenvalue weighted by Gasteiger charge is -2.23. The van der Waals surface area contributed by atoms with Gasteiger partial charge < -0.3 is 4.74 Å². The normalized spacial score (nSPS) is 10.6. The van der Waals surface area contributed by atoms with Crippen molar-refractivity contribution in [1.82, 2.24) is 4.90 Å². The molecule has 0 saturated carbocycles. The molecule has 0 heterocycles. The molecule has 0 N–H and O–H groups in total. The molecule has 3 aromatic carbocycles. The number of hydrogen-bond acceptors (Lipinski definition) is 4. The number of carbonyl (C=O) groups is 1. The second-order valence-electron chi connectivity index (χ2n) is 7.30. The summed E-state index contributed by atoms with van der Waals surface area (Å²) in [6.07, 6.45) is 2.09. The van der Waals surface area contributed by atoms with Crippen molar-refractivity contribution in [2.75, 3.05) is 13.7 Å². The molecule has 0 atom stereocenters. The molecule has 0 aliphatic carbocycles. The van der Waals surface area contributed by atoms with Gasteiger partial charge in [0.2, 0.25) is 0 Å². The monoisotopic (exact) mass is 398 g/mol. The van der Waals surface area contributed by atoms with E-state index in [0.29, 0.717) is 11.1 Å².